The van der Waals surface area contributed by atoms with Crippen LogP contribution >= 0.6 is 0 Å². The number of aliphatic hydroxyl groups is 1. The standard InChI is InChI=1S/C10H13NO/c1-7(12)9-6-11-10-5-3-2-4-8(9)10/h2-5,7,9,11-12H,6H2,1H3. The van der Waals surface area contributed by atoms with Crippen LogP contribution in [0.15, 0.2) is 24.3 Å². The Kier molecular flexibility index (Phi) is 1.77. The summed E-state index contributed by atoms with van der Waals surface area (Å²) >= 11 is 0. The van der Waals surface area contributed by atoms with E-state index in [1.807, 2.05) is 19.1 Å². The number of para-hydroxylation sites is 1. The smallest absolute Gasteiger partial charge is 0.0598 e. The summed E-state index contributed by atoms with van der Waals surface area (Å²) in [6.07, 6.45) is -0.263. The van der Waals surface area contributed by atoms with Crippen LogP contribution in [0.1, 0.15) is 18.4 Å². The number of aliphatic hydroxyl groups excluding tert-OH is 1. The van der Waals surface area contributed by atoms with Gasteiger partial charge in [-0.2, -0.15) is 0 Å². The second-order valence-electron chi connectivity index (χ2n) is 3.32. The summed E-state index contributed by atoms with van der Waals surface area (Å²) in [6.45, 7) is 2.70. The lowest BCUT2D eigenvalue weighted by Gasteiger charge is -2.12. The number of rotatable bonds is 1. The molecule has 0 saturated carbocycles. The molecule has 0 fully saturated rings. The Bertz CT molecular complexity index is 283. The van der Waals surface area contributed by atoms with Crippen LogP contribution in [0, 0.1) is 0 Å². The van der Waals surface area contributed by atoms with E-state index in [0.29, 0.717) is 0 Å². The van der Waals surface area contributed by atoms with Crippen molar-refractivity contribution in [3.05, 3.63) is 29.8 Å². The first-order chi connectivity index (χ1) is 5.79. The zero-order chi connectivity index (χ0) is 8.55. The molecule has 0 spiro atoms. The predicted octanol–water partition coefficient (Wildman–Crippen LogP) is 1.58. The SMILES string of the molecule is CC(O)C1CNc2ccccc21. The number of hydrogen-bond donors (Lipinski definition) is 2. The molecule has 2 atom stereocenters. The lowest BCUT2D eigenvalue weighted by Crippen LogP contribution is -2.16. The molecule has 1 aromatic carbocycles. The molecule has 1 aromatic rings. The van der Waals surface area contributed by atoms with E-state index in [2.05, 4.69) is 17.4 Å². The molecular weight excluding hydrogens is 150 g/mol. The summed E-state index contributed by atoms with van der Waals surface area (Å²) in [5, 5.41) is 12.7. The third-order valence-electron chi connectivity index (χ3n) is 2.46. The molecule has 1 aliphatic heterocycles. The van der Waals surface area contributed by atoms with E-state index in [9.17, 15) is 5.11 Å². The van der Waals surface area contributed by atoms with Gasteiger partial charge in [-0.25, -0.2) is 0 Å². The number of fused-ring (bicyclic) bond motifs is 1. The van der Waals surface area contributed by atoms with Gasteiger partial charge < -0.3 is 10.4 Å². The minimum absolute atomic E-state index is 0.263. The van der Waals surface area contributed by atoms with Crippen molar-refractivity contribution in [2.45, 2.75) is 18.9 Å². The molecule has 2 heteroatoms. The molecule has 0 bridgehead atoms. The van der Waals surface area contributed by atoms with Crippen LogP contribution in [0.2, 0.25) is 0 Å². The molecule has 2 unspecified atom stereocenters. The van der Waals surface area contributed by atoms with Gasteiger partial charge in [0.2, 0.25) is 0 Å². The van der Waals surface area contributed by atoms with Gasteiger partial charge in [-0.3, -0.25) is 0 Å². The molecular formula is C10H13NO. The molecule has 0 radical (unpaired) electrons. The minimum Gasteiger partial charge on any atom is -0.393 e. The zero-order valence-electron chi connectivity index (χ0n) is 7.12. The van der Waals surface area contributed by atoms with Crippen molar-refractivity contribution in [3.63, 3.8) is 0 Å². The van der Waals surface area contributed by atoms with Gasteiger partial charge in [0.25, 0.3) is 0 Å². The third-order valence-corrected chi connectivity index (χ3v) is 2.46. The topological polar surface area (TPSA) is 32.3 Å². The van der Waals surface area contributed by atoms with Gasteiger partial charge >= 0.3 is 0 Å². The Morgan fingerprint density at radius 3 is 3.00 bits per heavy atom. The fourth-order valence-electron chi connectivity index (χ4n) is 1.74. The van der Waals surface area contributed by atoms with Crippen LogP contribution in [0.3, 0.4) is 0 Å². The maximum absolute atomic E-state index is 9.46. The lowest BCUT2D eigenvalue weighted by molar-refractivity contribution is 0.169. The molecule has 64 valence electrons. The average molecular weight is 163 g/mol. The van der Waals surface area contributed by atoms with Crippen molar-refractivity contribution in [1.29, 1.82) is 0 Å². The maximum atomic E-state index is 9.46. The lowest BCUT2D eigenvalue weighted by atomic mass is 9.97. The van der Waals surface area contributed by atoms with E-state index < -0.39 is 0 Å². The molecule has 1 heterocycles. The first-order valence-corrected chi connectivity index (χ1v) is 4.30. The highest BCUT2D eigenvalue weighted by molar-refractivity contribution is 5.57. The van der Waals surface area contributed by atoms with Gasteiger partial charge in [0.15, 0.2) is 0 Å². The third kappa shape index (κ3) is 1.08. The van der Waals surface area contributed by atoms with Crippen molar-refractivity contribution in [3.8, 4) is 0 Å². The van der Waals surface area contributed by atoms with Gasteiger partial charge in [0.1, 0.15) is 0 Å². The summed E-state index contributed by atoms with van der Waals surface area (Å²) in [7, 11) is 0. The summed E-state index contributed by atoms with van der Waals surface area (Å²) in [4.78, 5) is 0. The summed E-state index contributed by atoms with van der Waals surface area (Å²) < 4.78 is 0. The van der Waals surface area contributed by atoms with Crippen LogP contribution in [-0.4, -0.2) is 17.8 Å². The number of benzene rings is 1. The highest BCUT2D eigenvalue weighted by atomic mass is 16.3. The van der Waals surface area contributed by atoms with Crippen LogP contribution in [0.5, 0.6) is 0 Å². The van der Waals surface area contributed by atoms with Crippen LogP contribution < -0.4 is 5.32 Å². The number of nitrogens with one attached hydrogen (secondary N) is 1. The van der Waals surface area contributed by atoms with Crippen LogP contribution in [-0.2, 0) is 0 Å². The quantitative estimate of drug-likeness (QED) is 0.658. The van der Waals surface area contributed by atoms with Gasteiger partial charge in [0.05, 0.1) is 6.10 Å². The van der Waals surface area contributed by atoms with E-state index in [-0.39, 0.29) is 12.0 Å². The monoisotopic (exact) mass is 163 g/mol. The molecule has 0 aliphatic carbocycles. The predicted molar refractivity (Wildman–Crippen MR) is 49.4 cm³/mol. The maximum Gasteiger partial charge on any atom is 0.0598 e. The number of anilines is 1. The Labute approximate surface area is 72.2 Å². The summed E-state index contributed by atoms with van der Waals surface area (Å²) in [5.74, 6) is 0.265. The molecule has 1 aliphatic rings. The molecule has 0 aromatic heterocycles. The molecule has 0 amide bonds. The molecule has 2 nitrogen and oxygen atoms in total. The molecule has 2 rings (SSSR count). The van der Waals surface area contributed by atoms with Crippen molar-refractivity contribution in [2.75, 3.05) is 11.9 Å². The van der Waals surface area contributed by atoms with E-state index in [0.717, 1.165) is 6.54 Å². The van der Waals surface area contributed by atoms with Crippen molar-refractivity contribution in [2.24, 2.45) is 0 Å². The first kappa shape index (κ1) is 7.62. The van der Waals surface area contributed by atoms with E-state index in [1.54, 1.807) is 0 Å². The minimum atomic E-state index is -0.263. The summed E-state index contributed by atoms with van der Waals surface area (Å²) in [6, 6.07) is 8.15. The Morgan fingerprint density at radius 2 is 2.25 bits per heavy atom. The Balaban J connectivity index is 2.36. The highest BCUT2D eigenvalue weighted by Gasteiger charge is 2.24. The molecule has 0 saturated heterocycles. The van der Waals surface area contributed by atoms with Gasteiger partial charge in [-0.15, -0.1) is 0 Å². The second kappa shape index (κ2) is 2.79. The Morgan fingerprint density at radius 1 is 1.50 bits per heavy atom. The molecule has 12 heavy (non-hydrogen) atoms. The first-order valence-electron chi connectivity index (χ1n) is 4.30. The zero-order valence-corrected chi connectivity index (χ0v) is 7.12. The van der Waals surface area contributed by atoms with Gasteiger partial charge in [-0.1, -0.05) is 18.2 Å². The van der Waals surface area contributed by atoms with E-state index >= 15 is 0 Å². The Hall–Kier alpha value is -1.02. The van der Waals surface area contributed by atoms with Gasteiger partial charge in [-0.05, 0) is 18.6 Å². The van der Waals surface area contributed by atoms with Crippen LogP contribution in [0.25, 0.3) is 0 Å². The fraction of sp³-hybridized carbons (Fsp3) is 0.400. The normalized spacial score (nSPS) is 23.0. The largest absolute Gasteiger partial charge is 0.393 e. The van der Waals surface area contributed by atoms with Crippen molar-refractivity contribution < 1.29 is 5.11 Å². The molecule has 2 N–H and O–H groups in total. The average Bonchev–Trinajstić information content (AvgIpc) is 2.47. The van der Waals surface area contributed by atoms with Crippen LogP contribution in [0.4, 0.5) is 5.69 Å². The van der Waals surface area contributed by atoms with Gasteiger partial charge in [0, 0.05) is 18.2 Å². The van der Waals surface area contributed by atoms with Crippen molar-refractivity contribution in [1.82, 2.24) is 0 Å². The fourth-order valence-corrected chi connectivity index (χ4v) is 1.74. The summed E-state index contributed by atoms with van der Waals surface area (Å²) in [5.41, 5.74) is 2.41. The highest BCUT2D eigenvalue weighted by Crippen LogP contribution is 2.32. The van der Waals surface area contributed by atoms with E-state index in [1.165, 1.54) is 11.3 Å². The number of hydrogen-bond acceptors (Lipinski definition) is 2. The second-order valence-corrected chi connectivity index (χ2v) is 3.32. The van der Waals surface area contributed by atoms with Crippen molar-refractivity contribution >= 4 is 5.69 Å². The van der Waals surface area contributed by atoms with E-state index in [4.69, 9.17) is 0 Å².